The summed E-state index contributed by atoms with van der Waals surface area (Å²) in [7, 11) is 2.04. The van der Waals surface area contributed by atoms with Gasteiger partial charge in [0, 0.05) is 48.5 Å². The number of carbonyl (C=O) groups is 2. The van der Waals surface area contributed by atoms with Crippen molar-refractivity contribution in [2.24, 2.45) is 0 Å². The fraction of sp³-hybridized carbons (Fsp3) is 0.300. The van der Waals surface area contributed by atoms with E-state index in [9.17, 15) is 9.59 Å². The summed E-state index contributed by atoms with van der Waals surface area (Å²) < 4.78 is 0. The lowest BCUT2D eigenvalue weighted by atomic mass is 10.2. The maximum atomic E-state index is 12.0. The van der Waals surface area contributed by atoms with Crippen molar-refractivity contribution in [1.29, 1.82) is 0 Å². The molecule has 2 amide bonds. The Balaban J connectivity index is 1.76. The maximum absolute atomic E-state index is 12.0. The number of amides is 2. The van der Waals surface area contributed by atoms with Gasteiger partial charge in [-0.1, -0.05) is 18.5 Å². The minimum Gasteiger partial charge on any atom is -0.375 e. The number of anilines is 2. The van der Waals surface area contributed by atoms with Gasteiger partial charge in [0.05, 0.1) is 0 Å². The van der Waals surface area contributed by atoms with Crippen LogP contribution in [0, 0.1) is 0 Å². The lowest BCUT2D eigenvalue weighted by Gasteiger charge is -2.18. The third kappa shape index (κ3) is 6.08. The molecule has 0 spiro atoms. The number of benzene rings is 2. The molecule has 2 aromatic carbocycles. The highest BCUT2D eigenvalue weighted by molar-refractivity contribution is 6.30. The van der Waals surface area contributed by atoms with Gasteiger partial charge < -0.3 is 15.5 Å². The van der Waals surface area contributed by atoms with Gasteiger partial charge in [-0.25, -0.2) is 0 Å². The predicted molar refractivity (Wildman–Crippen MR) is 107 cm³/mol. The summed E-state index contributed by atoms with van der Waals surface area (Å²) >= 11 is 5.79. The smallest absolute Gasteiger partial charge is 0.251 e. The van der Waals surface area contributed by atoms with Crippen LogP contribution in [0.3, 0.4) is 0 Å². The Morgan fingerprint density at radius 1 is 1.04 bits per heavy atom. The van der Waals surface area contributed by atoms with E-state index in [0.29, 0.717) is 10.6 Å². The van der Waals surface area contributed by atoms with E-state index in [2.05, 4.69) is 22.5 Å². The molecule has 2 rings (SSSR count). The van der Waals surface area contributed by atoms with Crippen molar-refractivity contribution >= 4 is 34.8 Å². The Hall–Kier alpha value is -2.53. The van der Waals surface area contributed by atoms with E-state index in [1.54, 1.807) is 24.3 Å². The van der Waals surface area contributed by atoms with Gasteiger partial charge in [-0.15, -0.1) is 0 Å². The molecule has 0 fully saturated rings. The number of nitrogens with zero attached hydrogens (tertiary/aromatic N) is 1. The average molecular weight is 374 g/mol. The highest BCUT2D eigenvalue weighted by atomic mass is 35.5. The number of carbonyl (C=O) groups excluding carboxylic acids is 2. The van der Waals surface area contributed by atoms with Gasteiger partial charge in [0.15, 0.2) is 0 Å². The molecule has 0 radical (unpaired) electrons. The quantitative estimate of drug-likeness (QED) is 0.736. The van der Waals surface area contributed by atoms with Crippen LogP contribution in [-0.4, -0.2) is 32.0 Å². The van der Waals surface area contributed by atoms with Gasteiger partial charge >= 0.3 is 0 Å². The minimum absolute atomic E-state index is 0.143. The molecule has 0 saturated heterocycles. The fourth-order valence-corrected chi connectivity index (χ4v) is 2.61. The number of rotatable bonds is 8. The number of hydrogen-bond donors (Lipinski definition) is 2. The van der Waals surface area contributed by atoms with Crippen LogP contribution in [0.2, 0.25) is 5.02 Å². The minimum atomic E-state index is -0.224. The van der Waals surface area contributed by atoms with Crippen LogP contribution in [0.15, 0.2) is 48.5 Å². The van der Waals surface area contributed by atoms with E-state index in [-0.39, 0.29) is 24.8 Å². The topological polar surface area (TPSA) is 61.4 Å². The molecule has 0 unspecified atom stereocenters. The molecular formula is C20H24ClN3O2. The molecule has 0 aliphatic carbocycles. The summed E-state index contributed by atoms with van der Waals surface area (Å²) in [6.07, 6.45) is 1.29. The summed E-state index contributed by atoms with van der Waals surface area (Å²) in [5, 5.41) is 6.14. The first-order chi connectivity index (χ1) is 12.5. The second-order valence-electron chi connectivity index (χ2n) is 6.03. The predicted octanol–water partition coefficient (Wildman–Crippen LogP) is 3.94. The molecule has 6 heteroatoms. The third-order valence-corrected chi connectivity index (χ3v) is 4.15. The molecular weight excluding hydrogens is 350 g/mol. The Kier molecular flexibility index (Phi) is 7.48. The summed E-state index contributed by atoms with van der Waals surface area (Å²) in [4.78, 5) is 26.1. The van der Waals surface area contributed by atoms with E-state index in [1.807, 2.05) is 31.3 Å². The van der Waals surface area contributed by atoms with Crippen molar-refractivity contribution < 1.29 is 9.59 Å². The normalized spacial score (nSPS) is 10.3. The van der Waals surface area contributed by atoms with E-state index < -0.39 is 0 Å². The Morgan fingerprint density at radius 3 is 2.31 bits per heavy atom. The molecule has 2 N–H and O–H groups in total. The molecule has 2 aromatic rings. The molecule has 0 bridgehead atoms. The molecule has 0 aliphatic heterocycles. The van der Waals surface area contributed by atoms with Crippen LogP contribution in [0.25, 0.3) is 0 Å². The van der Waals surface area contributed by atoms with Crippen molar-refractivity contribution in [3.05, 3.63) is 59.1 Å². The second-order valence-corrected chi connectivity index (χ2v) is 6.47. The van der Waals surface area contributed by atoms with Crippen LogP contribution < -0.4 is 15.5 Å². The van der Waals surface area contributed by atoms with Crippen LogP contribution in [0.1, 0.15) is 30.1 Å². The second kappa shape index (κ2) is 9.82. The monoisotopic (exact) mass is 373 g/mol. The first kappa shape index (κ1) is 19.8. The highest BCUT2D eigenvalue weighted by Gasteiger charge is 2.07. The lowest BCUT2D eigenvalue weighted by Crippen LogP contribution is -2.27. The maximum Gasteiger partial charge on any atom is 0.251 e. The van der Waals surface area contributed by atoms with Gasteiger partial charge in [0.25, 0.3) is 5.91 Å². The fourth-order valence-electron chi connectivity index (χ4n) is 2.48. The van der Waals surface area contributed by atoms with Gasteiger partial charge in [-0.05, 0) is 55.0 Å². The molecule has 5 nitrogen and oxygen atoms in total. The zero-order chi connectivity index (χ0) is 18.9. The average Bonchev–Trinajstić information content (AvgIpc) is 2.63. The Bertz CT molecular complexity index is 730. The van der Waals surface area contributed by atoms with Crippen LogP contribution in [0.5, 0.6) is 0 Å². The molecule has 0 aliphatic rings. The van der Waals surface area contributed by atoms with E-state index in [0.717, 1.165) is 24.3 Å². The molecule has 0 saturated carbocycles. The molecule has 0 aromatic heterocycles. The largest absolute Gasteiger partial charge is 0.375 e. The van der Waals surface area contributed by atoms with Gasteiger partial charge in [-0.3, -0.25) is 9.59 Å². The first-order valence-corrected chi connectivity index (χ1v) is 9.02. The van der Waals surface area contributed by atoms with Crippen molar-refractivity contribution in [2.45, 2.75) is 19.8 Å². The zero-order valence-electron chi connectivity index (χ0n) is 15.1. The lowest BCUT2D eigenvalue weighted by molar-refractivity contribution is -0.116. The summed E-state index contributed by atoms with van der Waals surface area (Å²) in [6.45, 7) is 3.39. The summed E-state index contributed by atoms with van der Waals surface area (Å²) in [5.74, 6) is -0.367. The van der Waals surface area contributed by atoms with E-state index in [4.69, 9.17) is 11.6 Å². The van der Waals surface area contributed by atoms with Crippen molar-refractivity contribution in [2.75, 3.05) is 30.4 Å². The van der Waals surface area contributed by atoms with Gasteiger partial charge in [0.1, 0.15) is 0 Å². The van der Waals surface area contributed by atoms with Crippen LogP contribution in [0.4, 0.5) is 11.4 Å². The molecule has 26 heavy (non-hydrogen) atoms. The SMILES string of the molecule is CCCN(C)c1ccc(NC(=O)CCNC(=O)c2ccc(Cl)cc2)cc1. The van der Waals surface area contributed by atoms with Crippen molar-refractivity contribution in [1.82, 2.24) is 5.32 Å². The van der Waals surface area contributed by atoms with Gasteiger partial charge in [0.2, 0.25) is 5.91 Å². The Morgan fingerprint density at radius 2 is 1.69 bits per heavy atom. The van der Waals surface area contributed by atoms with Crippen LogP contribution >= 0.6 is 11.6 Å². The van der Waals surface area contributed by atoms with E-state index in [1.165, 1.54) is 0 Å². The zero-order valence-corrected chi connectivity index (χ0v) is 15.8. The first-order valence-electron chi connectivity index (χ1n) is 8.64. The molecule has 0 atom stereocenters. The standard InChI is InChI=1S/C20H24ClN3O2/c1-3-14-24(2)18-10-8-17(9-11-18)23-19(25)12-13-22-20(26)15-4-6-16(21)7-5-15/h4-11H,3,12-14H2,1-2H3,(H,22,26)(H,23,25). The van der Waals surface area contributed by atoms with Crippen molar-refractivity contribution in [3.8, 4) is 0 Å². The summed E-state index contributed by atoms with van der Waals surface area (Å²) in [6, 6.07) is 14.3. The number of nitrogens with one attached hydrogen (secondary N) is 2. The molecule has 138 valence electrons. The Labute approximate surface area is 159 Å². The summed E-state index contributed by atoms with van der Waals surface area (Å²) in [5.41, 5.74) is 2.37. The highest BCUT2D eigenvalue weighted by Crippen LogP contribution is 2.17. The molecule has 0 heterocycles. The van der Waals surface area contributed by atoms with E-state index >= 15 is 0 Å². The van der Waals surface area contributed by atoms with Crippen LogP contribution in [-0.2, 0) is 4.79 Å². The number of hydrogen-bond acceptors (Lipinski definition) is 3. The van der Waals surface area contributed by atoms with Gasteiger partial charge in [-0.2, -0.15) is 0 Å². The number of halogens is 1. The van der Waals surface area contributed by atoms with Crippen molar-refractivity contribution in [3.63, 3.8) is 0 Å². The third-order valence-electron chi connectivity index (χ3n) is 3.89.